The van der Waals surface area contributed by atoms with Crippen molar-refractivity contribution in [2.45, 2.75) is 19.4 Å². The molecule has 0 atom stereocenters. The number of hydrogen-bond acceptors (Lipinski definition) is 4. The van der Waals surface area contributed by atoms with Gasteiger partial charge in [0.25, 0.3) is 0 Å². The highest BCUT2D eigenvalue weighted by molar-refractivity contribution is 5.89. The van der Waals surface area contributed by atoms with Crippen LogP contribution in [-0.4, -0.2) is 18.1 Å². The molecule has 0 unspecified atom stereocenters. The fourth-order valence-electron chi connectivity index (χ4n) is 1.53. The Morgan fingerprint density at radius 2 is 2.00 bits per heavy atom. The van der Waals surface area contributed by atoms with Crippen LogP contribution in [0.15, 0.2) is 52.3 Å². The maximum Gasteiger partial charge on any atom is 0.338 e. The van der Waals surface area contributed by atoms with Crippen molar-refractivity contribution in [3.63, 3.8) is 0 Å². The lowest BCUT2D eigenvalue weighted by Gasteiger charge is -2.05. The molecular formula is C13H14N2O2. The van der Waals surface area contributed by atoms with E-state index < -0.39 is 0 Å². The van der Waals surface area contributed by atoms with Crippen LogP contribution in [0.1, 0.15) is 24.2 Å². The Kier molecular flexibility index (Phi) is 3.04. The third-order valence-electron chi connectivity index (χ3n) is 2.32. The van der Waals surface area contributed by atoms with Crippen LogP contribution < -0.4 is 0 Å². The molecule has 1 aromatic rings. The first kappa shape index (κ1) is 11.5. The van der Waals surface area contributed by atoms with Crippen molar-refractivity contribution in [1.82, 2.24) is 0 Å². The molecule has 0 spiro atoms. The first-order valence-corrected chi connectivity index (χ1v) is 5.44. The molecule has 4 heteroatoms. The van der Waals surface area contributed by atoms with Gasteiger partial charge in [-0.05, 0) is 32.1 Å². The highest BCUT2D eigenvalue weighted by atomic mass is 16.5. The molecule has 1 aromatic carbocycles. The molecule has 17 heavy (non-hydrogen) atoms. The van der Waals surface area contributed by atoms with Gasteiger partial charge < -0.3 is 4.74 Å². The van der Waals surface area contributed by atoms with Crippen molar-refractivity contribution in [3.8, 4) is 0 Å². The van der Waals surface area contributed by atoms with E-state index in [-0.39, 0.29) is 18.1 Å². The molecule has 0 aromatic heterocycles. The van der Waals surface area contributed by atoms with Crippen molar-refractivity contribution < 1.29 is 9.53 Å². The maximum absolute atomic E-state index is 11.6. The SMILES string of the molecule is CC1(C)C=C(COC(=O)c2ccccc2)N=N1. The monoisotopic (exact) mass is 230 g/mol. The van der Waals surface area contributed by atoms with Gasteiger partial charge in [0, 0.05) is 0 Å². The molecule has 0 saturated carbocycles. The van der Waals surface area contributed by atoms with Gasteiger partial charge in [-0.2, -0.15) is 10.2 Å². The van der Waals surface area contributed by atoms with Gasteiger partial charge in [-0.1, -0.05) is 18.2 Å². The molecule has 1 aliphatic heterocycles. The van der Waals surface area contributed by atoms with E-state index >= 15 is 0 Å². The van der Waals surface area contributed by atoms with E-state index in [0.717, 1.165) is 0 Å². The van der Waals surface area contributed by atoms with Crippen LogP contribution in [0.25, 0.3) is 0 Å². The van der Waals surface area contributed by atoms with Gasteiger partial charge in [-0.15, -0.1) is 0 Å². The van der Waals surface area contributed by atoms with E-state index in [9.17, 15) is 4.79 Å². The topological polar surface area (TPSA) is 51.0 Å². The molecule has 0 amide bonds. The van der Waals surface area contributed by atoms with Gasteiger partial charge in [0.05, 0.1) is 16.8 Å². The number of esters is 1. The van der Waals surface area contributed by atoms with Gasteiger partial charge in [0.15, 0.2) is 0 Å². The number of carbonyl (C=O) groups excluding carboxylic acids is 1. The summed E-state index contributed by atoms with van der Waals surface area (Å²) in [7, 11) is 0. The number of carbonyl (C=O) groups is 1. The number of benzene rings is 1. The van der Waals surface area contributed by atoms with Crippen LogP contribution in [0, 0.1) is 0 Å². The fraction of sp³-hybridized carbons (Fsp3) is 0.308. The maximum atomic E-state index is 11.6. The zero-order valence-corrected chi connectivity index (χ0v) is 9.88. The molecule has 0 bridgehead atoms. The normalized spacial score (nSPS) is 16.7. The Bertz CT molecular complexity index is 475. The molecule has 0 aliphatic carbocycles. The largest absolute Gasteiger partial charge is 0.456 e. The molecule has 0 N–H and O–H groups in total. The lowest BCUT2D eigenvalue weighted by molar-refractivity contribution is 0.0539. The molecule has 1 heterocycles. The summed E-state index contributed by atoms with van der Waals surface area (Å²) in [6, 6.07) is 8.89. The Morgan fingerprint density at radius 3 is 2.59 bits per heavy atom. The summed E-state index contributed by atoms with van der Waals surface area (Å²) in [5.41, 5.74) is 0.954. The second-order valence-electron chi connectivity index (χ2n) is 4.43. The number of nitrogens with zero attached hydrogens (tertiary/aromatic N) is 2. The fourth-order valence-corrected chi connectivity index (χ4v) is 1.53. The smallest absolute Gasteiger partial charge is 0.338 e. The summed E-state index contributed by atoms with van der Waals surface area (Å²) in [6.45, 7) is 4.06. The van der Waals surface area contributed by atoms with Gasteiger partial charge >= 0.3 is 5.97 Å². The standard InChI is InChI=1S/C13H14N2O2/c1-13(2)8-11(14-15-13)9-17-12(16)10-6-4-3-5-7-10/h3-8H,9H2,1-2H3. The Hall–Kier alpha value is -1.97. The number of ether oxygens (including phenoxy) is 1. The van der Waals surface area contributed by atoms with E-state index in [2.05, 4.69) is 10.2 Å². The lowest BCUT2D eigenvalue weighted by Crippen LogP contribution is -2.10. The lowest BCUT2D eigenvalue weighted by atomic mass is 10.1. The quantitative estimate of drug-likeness (QED) is 0.749. The molecule has 1 aliphatic rings. The summed E-state index contributed by atoms with van der Waals surface area (Å²) >= 11 is 0. The minimum absolute atomic E-state index is 0.167. The van der Waals surface area contributed by atoms with Crippen LogP contribution in [-0.2, 0) is 4.74 Å². The number of hydrogen-bond donors (Lipinski definition) is 0. The summed E-state index contributed by atoms with van der Waals surface area (Å²) in [6.07, 6.45) is 1.89. The summed E-state index contributed by atoms with van der Waals surface area (Å²) in [5, 5.41) is 8.00. The minimum Gasteiger partial charge on any atom is -0.456 e. The minimum atomic E-state index is -0.341. The summed E-state index contributed by atoms with van der Waals surface area (Å²) in [5.74, 6) is -0.341. The van der Waals surface area contributed by atoms with Crippen LogP contribution in [0.3, 0.4) is 0 Å². The van der Waals surface area contributed by atoms with Crippen LogP contribution in [0.4, 0.5) is 0 Å². The average molecular weight is 230 g/mol. The average Bonchev–Trinajstić information content (AvgIpc) is 2.67. The van der Waals surface area contributed by atoms with Crippen molar-refractivity contribution in [1.29, 1.82) is 0 Å². The Morgan fingerprint density at radius 1 is 1.29 bits per heavy atom. The molecule has 88 valence electrons. The van der Waals surface area contributed by atoms with Crippen LogP contribution in [0.5, 0.6) is 0 Å². The van der Waals surface area contributed by atoms with Crippen molar-refractivity contribution in [2.24, 2.45) is 10.2 Å². The van der Waals surface area contributed by atoms with E-state index in [1.165, 1.54) is 0 Å². The Balaban J connectivity index is 1.92. The van der Waals surface area contributed by atoms with Gasteiger partial charge in [0.2, 0.25) is 0 Å². The molecular weight excluding hydrogens is 216 g/mol. The number of rotatable bonds is 3. The zero-order chi connectivity index (χ0) is 12.3. The van der Waals surface area contributed by atoms with Crippen LogP contribution in [0.2, 0.25) is 0 Å². The van der Waals surface area contributed by atoms with Gasteiger partial charge in [-0.3, -0.25) is 0 Å². The van der Waals surface area contributed by atoms with Crippen LogP contribution >= 0.6 is 0 Å². The predicted octanol–water partition coefficient (Wildman–Crippen LogP) is 2.97. The predicted molar refractivity (Wildman–Crippen MR) is 63.7 cm³/mol. The molecule has 4 nitrogen and oxygen atoms in total. The van der Waals surface area contributed by atoms with Crippen molar-refractivity contribution in [2.75, 3.05) is 6.61 Å². The molecule has 2 rings (SSSR count). The molecule has 0 radical (unpaired) electrons. The molecule has 0 fully saturated rings. The van der Waals surface area contributed by atoms with E-state index in [1.807, 2.05) is 26.0 Å². The third kappa shape index (κ3) is 3.00. The van der Waals surface area contributed by atoms with Gasteiger partial charge in [0.1, 0.15) is 6.61 Å². The Labute approximate surface area is 100 Å². The summed E-state index contributed by atoms with van der Waals surface area (Å²) < 4.78 is 5.14. The zero-order valence-electron chi connectivity index (χ0n) is 9.88. The van der Waals surface area contributed by atoms with Gasteiger partial charge in [-0.25, -0.2) is 4.79 Å². The highest BCUT2D eigenvalue weighted by Gasteiger charge is 2.20. The summed E-state index contributed by atoms with van der Waals surface area (Å²) in [4.78, 5) is 11.6. The second-order valence-corrected chi connectivity index (χ2v) is 4.43. The van der Waals surface area contributed by atoms with E-state index in [1.54, 1.807) is 24.3 Å². The highest BCUT2D eigenvalue weighted by Crippen LogP contribution is 2.22. The first-order chi connectivity index (χ1) is 8.07. The third-order valence-corrected chi connectivity index (χ3v) is 2.32. The first-order valence-electron chi connectivity index (χ1n) is 5.44. The second kappa shape index (κ2) is 4.49. The van der Waals surface area contributed by atoms with E-state index in [0.29, 0.717) is 11.3 Å². The number of azo groups is 1. The van der Waals surface area contributed by atoms with Crippen molar-refractivity contribution in [3.05, 3.63) is 47.7 Å². The van der Waals surface area contributed by atoms with E-state index in [4.69, 9.17) is 4.74 Å². The molecule has 0 saturated heterocycles. The van der Waals surface area contributed by atoms with Crippen molar-refractivity contribution >= 4 is 5.97 Å².